The molecule has 19 heavy (non-hydrogen) atoms. The second-order valence-corrected chi connectivity index (χ2v) is 6.01. The maximum Gasteiger partial charge on any atom is 0.0201 e. The van der Waals surface area contributed by atoms with E-state index in [1.54, 1.807) is 0 Å². The maximum atomic E-state index is 5.90. The van der Waals surface area contributed by atoms with E-state index in [-0.39, 0.29) is 6.04 Å². The van der Waals surface area contributed by atoms with Crippen LogP contribution in [-0.4, -0.2) is 6.04 Å². The molecule has 0 amide bonds. The van der Waals surface area contributed by atoms with E-state index >= 15 is 0 Å². The Morgan fingerprint density at radius 1 is 1.00 bits per heavy atom. The van der Waals surface area contributed by atoms with Gasteiger partial charge in [0.2, 0.25) is 0 Å². The third kappa shape index (κ3) is 2.46. The van der Waals surface area contributed by atoms with Crippen LogP contribution in [-0.2, 0) is 0 Å². The third-order valence-corrected chi connectivity index (χ3v) is 4.42. The zero-order valence-electron chi connectivity index (χ0n) is 11.0. The molecule has 0 fully saturated rings. The lowest BCUT2D eigenvalue weighted by atomic mass is 9.95. The summed E-state index contributed by atoms with van der Waals surface area (Å²) >= 11 is 1.85. The van der Waals surface area contributed by atoms with Gasteiger partial charge in [0.15, 0.2) is 0 Å². The van der Waals surface area contributed by atoms with Crippen molar-refractivity contribution in [2.45, 2.75) is 29.2 Å². The molecule has 1 unspecified atom stereocenters. The van der Waals surface area contributed by atoms with Crippen molar-refractivity contribution < 1.29 is 0 Å². The van der Waals surface area contributed by atoms with Gasteiger partial charge in [0, 0.05) is 15.8 Å². The van der Waals surface area contributed by atoms with E-state index in [0.717, 1.165) is 6.42 Å². The Hall–Kier alpha value is -1.51. The summed E-state index contributed by atoms with van der Waals surface area (Å²) in [6.45, 7) is 2.05. The molecule has 0 saturated carbocycles. The molecule has 3 rings (SSSR count). The van der Waals surface area contributed by atoms with Crippen LogP contribution in [0.5, 0.6) is 0 Å². The molecule has 1 aliphatic heterocycles. The Kier molecular flexibility index (Phi) is 3.45. The highest BCUT2D eigenvalue weighted by molar-refractivity contribution is 7.99. The van der Waals surface area contributed by atoms with Crippen molar-refractivity contribution >= 4 is 17.3 Å². The molecule has 1 aliphatic rings. The fourth-order valence-corrected chi connectivity index (χ4v) is 3.45. The standard InChI is InChI=1S/C17H17NS/c1-12(18)10-11-13-14-6-2-4-8-16(14)19-17-9-5-3-7-15(13)17/h2-9,11-12H,10,18H2,1H3. The minimum atomic E-state index is 0.196. The molecule has 1 atom stereocenters. The SMILES string of the molecule is CC(N)CC=C1c2ccccc2Sc2ccccc21. The summed E-state index contributed by atoms with van der Waals surface area (Å²) in [6, 6.07) is 17.4. The lowest BCUT2D eigenvalue weighted by Gasteiger charge is -2.22. The normalized spacial score (nSPS) is 14.5. The van der Waals surface area contributed by atoms with E-state index in [9.17, 15) is 0 Å². The zero-order chi connectivity index (χ0) is 13.2. The molecule has 0 spiro atoms. The molecular weight excluding hydrogens is 250 g/mol. The first-order valence-electron chi connectivity index (χ1n) is 6.58. The number of rotatable bonds is 2. The Balaban J connectivity index is 2.14. The molecule has 2 N–H and O–H groups in total. The number of hydrogen-bond donors (Lipinski definition) is 1. The van der Waals surface area contributed by atoms with Crippen molar-refractivity contribution in [1.82, 2.24) is 0 Å². The van der Waals surface area contributed by atoms with E-state index in [2.05, 4.69) is 54.6 Å². The largest absolute Gasteiger partial charge is 0.328 e. The van der Waals surface area contributed by atoms with Crippen LogP contribution in [0.15, 0.2) is 64.4 Å². The second-order valence-electron chi connectivity index (χ2n) is 4.93. The van der Waals surface area contributed by atoms with Crippen LogP contribution in [0.3, 0.4) is 0 Å². The van der Waals surface area contributed by atoms with Gasteiger partial charge in [-0.15, -0.1) is 0 Å². The van der Waals surface area contributed by atoms with E-state index in [1.165, 1.54) is 26.5 Å². The van der Waals surface area contributed by atoms with Crippen molar-refractivity contribution in [3.63, 3.8) is 0 Å². The van der Waals surface area contributed by atoms with Gasteiger partial charge in [0.05, 0.1) is 0 Å². The van der Waals surface area contributed by atoms with Crippen LogP contribution in [0.1, 0.15) is 24.5 Å². The first kappa shape index (κ1) is 12.5. The van der Waals surface area contributed by atoms with Gasteiger partial charge in [-0.05, 0) is 42.2 Å². The highest BCUT2D eigenvalue weighted by Gasteiger charge is 2.19. The third-order valence-electron chi connectivity index (χ3n) is 3.27. The van der Waals surface area contributed by atoms with Gasteiger partial charge >= 0.3 is 0 Å². The molecule has 0 saturated heterocycles. The highest BCUT2D eigenvalue weighted by atomic mass is 32.2. The lowest BCUT2D eigenvalue weighted by molar-refractivity contribution is 0.758. The lowest BCUT2D eigenvalue weighted by Crippen LogP contribution is -2.13. The average molecular weight is 267 g/mol. The van der Waals surface area contributed by atoms with Gasteiger partial charge in [-0.1, -0.05) is 54.2 Å². The molecule has 0 aliphatic carbocycles. The number of benzene rings is 2. The van der Waals surface area contributed by atoms with Crippen molar-refractivity contribution in [3.05, 3.63) is 65.7 Å². The smallest absolute Gasteiger partial charge is 0.0201 e. The van der Waals surface area contributed by atoms with E-state index in [0.29, 0.717) is 0 Å². The van der Waals surface area contributed by atoms with Crippen LogP contribution in [0.2, 0.25) is 0 Å². The fraction of sp³-hybridized carbons (Fsp3) is 0.176. The summed E-state index contributed by atoms with van der Waals surface area (Å²) in [5.74, 6) is 0. The van der Waals surface area contributed by atoms with E-state index < -0.39 is 0 Å². The zero-order valence-corrected chi connectivity index (χ0v) is 11.8. The average Bonchev–Trinajstić information content (AvgIpc) is 2.43. The molecule has 2 aromatic carbocycles. The predicted octanol–water partition coefficient (Wildman–Crippen LogP) is 4.32. The number of nitrogens with two attached hydrogens (primary N) is 1. The topological polar surface area (TPSA) is 26.0 Å². The van der Waals surface area contributed by atoms with Gasteiger partial charge in [-0.25, -0.2) is 0 Å². The summed E-state index contributed by atoms with van der Waals surface area (Å²) < 4.78 is 0. The van der Waals surface area contributed by atoms with Crippen LogP contribution >= 0.6 is 11.8 Å². The molecule has 1 nitrogen and oxygen atoms in total. The molecule has 2 heteroatoms. The minimum Gasteiger partial charge on any atom is -0.328 e. The van der Waals surface area contributed by atoms with Crippen molar-refractivity contribution in [2.75, 3.05) is 0 Å². The molecule has 2 aromatic rings. The molecular formula is C17H17NS. The molecule has 96 valence electrons. The predicted molar refractivity (Wildman–Crippen MR) is 82.4 cm³/mol. The molecule has 0 bridgehead atoms. The highest BCUT2D eigenvalue weighted by Crippen LogP contribution is 2.45. The summed E-state index contributed by atoms with van der Waals surface area (Å²) in [4.78, 5) is 2.66. The first-order valence-corrected chi connectivity index (χ1v) is 7.40. The van der Waals surface area contributed by atoms with Crippen LogP contribution < -0.4 is 5.73 Å². The summed E-state index contributed by atoms with van der Waals surface area (Å²) in [7, 11) is 0. The Morgan fingerprint density at radius 3 is 2.05 bits per heavy atom. The monoisotopic (exact) mass is 267 g/mol. The van der Waals surface area contributed by atoms with Crippen LogP contribution in [0, 0.1) is 0 Å². The quantitative estimate of drug-likeness (QED) is 0.748. The van der Waals surface area contributed by atoms with Crippen molar-refractivity contribution in [1.29, 1.82) is 0 Å². The first-order chi connectivity index (χ1) is 9.25. The summed E-state index contributed by atoms with van der Waals surface area (Å²) in [5, 5.41) is 0. The fourth-order valence-electron chi connectivity index (χ4n) is 2.34. The van der Waals surface area contributed by atoms with Crippen molar-refractivity contribution in [2.24, 2.45) is 5.73 Å². The molecule has 0 radical (unpaired) electrons. The minimum absolute atomic E-state index is 0.196. The van der Waals surface area contributed by atoms with E-state index in [4.69, 9.17) is 5.73 Å². The summed E-state index contributed by atoms with van der Waals surface area (Å²) in [6.07, 6.45) is 3.19. The molecule has 1 heterocycles. The summed E-state index contributed by atoms with van der Waals surface area (Å²) in [5.41, 5.74) is 9.87. The number of fused-ring (bicyclic) bond motifs is 2. The second kappa shape index (κ2) is 5.24. The van der Waals surface area contributed by atoms with Crippen molar-refractivity contribution in [3.8, 4) is 0 Å². The van der Waals surface area contributed by atoms with Crippen LogP contribution in [0.25, 0.3) is 5.57 Å². The van der Waals surface area contributed by atoms with Gasteiger partial charge in [0.25, 0.3) is 0 Å². The van der Waals surface area contributed by atoms with Gasteiger partial charge < -0.3 is 5.73 Å². The van der Waals surface area contributed by atoms with Gasteiger partial charge in [0.1, 0.15) is 0 Å². The molecule has 0 aromatic heterocycles. The number of hydrogen-bond acceptors (Lipinski definition) is 2. The van der Waals surface area contributed by atoms with Crippen LogP contribution in [0.4, 0.5) is 0 Å². The van der Waals surface area contributed by atoms with E-state index in [1.807, 2.05) is 18.7 Å². The Morgan fingerprint density at radius 2 is 1.53 bits per heavy atom. The van der Waals surface area contributed by atoms with Gasteiger partial charge in [-0.2, -0.15) is 0 Å². The maximum absolute atomic E-state index is 5.90. The van der Waals surface area contributed by atoms with Gasteiger partial charge in [-0.3, -0.25) is 0 Å². The Bertz CT molecular complexity index is 581. The Labute approximate surface area is 118 Å².